The van der Waals surface area contributed by atoms with Crippen molar-refractivity contribution < 1.29 is 4.74 Å². The average Bonchev–Trinajstić information content (AvgIpc) is 3.15. The van der Waals surface area contributed by atoms with Crippen LogP contribution in [0.1, 0.15) is 51.1 Å². The minimum Gasteiger partial charge on any atom is -0.490 e. The molecular weight excluding hydrogens is 222 g/mol. The molecule has 1 aliphatic rings. The first kappa shape index (κ1) is 13.4. The van der Waals surface area contributed by atoms with Crippen molar-refractivity contribution >= 4 is 0 Å². The van der Waals surface area contributed by atoms with Gasteiger partial charge in [0.1, 0.15) is 5.75 Å². The lowest BCUT2D eigenvalue weighted by molar-refractivity contribution is 0.301. The summed E-state index contributed by atoms with van der Waals surface area (Å²) in [7, 11) is 2.05. The number of rotatable bonds is 7. The molecule has 2 nitrogen and oxygen atoms in total. The first-order chi connectivity index (χ1) is 8.74. The summed E-state index contributed by atoms with van der Waals surface area (Å²) >= 11 is 0. The maximum atomic E-state index is 5.87. The van der Waals surface area contributed by atoms with Gasteiger partial charge in [-0.3, -0.25) is 0 Å². The Morgan fingerprint density at radius 1 is 1.39 bits per heavy atom. The minimum absolute atomic E-state index is 0.424. The van der Waals surface area contributed by atoms with E-state index in [0.717, 1.165) is 5.75 Å². The van der Waals surface area contributed by atoms with E-state index in [1.165, 1.54) is 31.2 Å². The Balaban J connectivity index is 2.08. The third-order valence-corrected chi connectivity index (χ3v) is 3.67. The molecule has 0 bridgehead atoms. The van der Waals surface area contributed by atoms with Crippen LogP contribution in [0.5, 0.6) is 5.75 Å². The summed E-state index contributed by atoms with van der Waals surface area (Å²) in [5.41, 5.74) is 1.34. The van der Waals surface area contributed by atoms with E-state index in [2.05, 4.69) is 43.4 Å². The Morgan fingerprint density at radius 3 is 2.78 bits per heavy atom. The van der Waals surface area contributed by atoms with E-state index in [4.69, 9.17) is 4.74 Å². The molecule has 1 aromatic carbocycles. The number of ether oxygens (including phenoxy) is 1. The van der Waals surface area contributed by atoms with Crippen LogP contribution in [0.2, 0.25) is 0 Å². The van der Waals surface area contributed by atoms with Gasteiger partial charge in [-0.05, 0) is 49.9 Å². The largest absolute Gasteiger partial charge is 0.490 e. The lowest BCUT2D eigenvalue weighted by Gasteiger charge is -2.24. The monoisotopic (exact) mass is 247 g/mol. The highest BCUT2D eigenvalue weighted by Gasteiger charge is 2.24. The second kappa shape index (κ2) is 6.24. The number of nitrogens with one attached hydrogen (secondary N) is 1. The van der Waals surface area contributed by atoms with Crippen LogP contribution in [0.3, 0.4) is 0 Å². The quantitative estimate of drug-likeness (QED) is 0.788. The summed E-state index contributed by atoms with van der Waals surface area (Å²) in [4.78, 5) is 0. The fraction of sp³-hybridized carbons (Fsp3) is 0.625. The van der Waals surface area contributed by atoms with Crippen LogP contribution in [0.25, 0.3) is 0 Å². The van der Waals surface area contributed by atoms with Crippen molar-refractivity contribution in [2.24, 2.45) is 5.92 Å². The third kappa shape index (κ3) is 3.49. The molecule has 0 heterocycles. The fourth-order valence-electron chi connectivity index (χ4n) is 2.56. The second-order valence-electron chi connectivity index (χ2n) is 5.42. The highest BCUT2D eigenvalue weighted by Crippen LogP contribution is 2.31. The third-order valence-electron chi connectivity index (χ3n) is 3.67. The molecule has 0 spiro atoms. The molecule has 2 atom stereocenters. The van der Waals surface area contributed by atoms with E-state index in [1.54, 1.807) is 0 Å². The van der Waals surface area contributed by atoms with Gasteiger partial charge in [0.25, 0.3) is 0 Å². The zero-order valence-corrected chi connectivity index (χ0v) is 11.8. The van der Waals surface area contributed by atoms with Crippen LogP contribution in [0.15, 0.2) is 24.3 Å². The zero-order chi connectivity index (χ0) is 13.0. The maximum Gasteiger partial charge on any atom is 0.120 e. The molecule has 0 saturated heterocycles. The molecule has 1 fully saturated rings. The number of benzene rings is 1. The molecular formula is C16H25NO. The zero-order valence-electron chi connectivity index (χ0n) is 11.8. The average molecular weight is 247 g/mol. The molecule has 0 aromatic heterocycles. The summed E-state index contributed by atoms with van der Waals surface area (Å²) in [6.07, 6.45) is 5.38. The molecule has 0 radical (unpaired) electrons. The molecule has 1 N–H and O–H groups in total. The van der Waals surface area contributed by atoms with Crippen LogP contribution in [-0.2, 0) is 0 Å². The molecule has 2 heteroatoms. The van der Waals surface area contributed by atoms with Gasteiger partial charge in [-0.15, -0.1) is 0 Å². The molecule has 1 aromatic rings. The van der Waals surface area contributed by atoms with E-state index >= 15 is 0 Å². The van der Waals surface area contributed by atoms with Crippen LogP contribution < -0.4 is 10.1 Å². The Morgan fingerprint density at radius 2 is 2.17 bits per heavy atom. The predicted molar refractivity (Wildman–Crippen MR) is 76.0 cm³/mol. The highest BCUT2D eigenvalue weighted by atomic mass is 16.5. The normalized spacial score (nSPS) is 18.4. The molecule has 0 amide bonds. The summed E-state index contributed by atoms with van der Waals surface area (Å²) in [5, 5.41) is 3.44. The second-order valence-corrected chi connectivity index (χ2v) is 5.42. The van der Waals surface area contributed by atoms with Crippen LogP contribution >= 0.6 is 0 Å². The van der Waals surface area contributed by atoms with Crippen molar-refractivity contribution in [2.75, 3.05) is 7.05 Å². The smallest absolute Gasteiger partial charge is 0.120 e. The van der Waals surface area contributed by atoms with Crippen molar-refractivity contribution in [1.29, 1.82) is 0 Å². The fourth-order valence-corrected chi connectivity index (χ4v) is 2.56. The Hall–Kier alpha value is -1.02. The number of hydrogen-bond acceptors (Lipinski definition) is 2. The van der Waals surface area contributed by atoms with Gasteiger partial charge in [0, 0.05) is 6.04 Å². The van der Waals surface area contributed by atoms with Crippen molar-refractivity contribution in [3.8, 4) is 5.75 Å². The lowest BCUT2D eigenvalue weighted by Crippen LogP contribution is -2.23. The van der Waals surface area contributed by atoms with Gasteiger partial charge in [0.2, 0.25) is 0 Å². The highest BCUT2D eigenvalue weighted by molar-refractivity contribution is 5.31. The van der Waals surface area contributed by atoms with Crippen LogP contribution in [0.4, 0.5) is 0 Å². The molecule has 100 valence electrons. The van der Waals surface area contributed by atoms with Crippen molar-refractivity contribution in [3.05, 3.63) is 29.8 Å². The van der Waals surface area contributed by atoms with Gasteiger partial charge in [0.05, 0.1) is 6.10 Å². The van der Waals surface area contributed by atoms with Gasteiger partial charge in [0.15, 0.2) is 0 Å². The maximum absolute atomic E-state index is 5.87. The van der Waals surface area contributed by atoms with Crippen molar-refractivity contribution in [2.45, 2.75) is 51.7 Å². The molecule has 1 aliphatic carbocycles. The first-order valence-corrected chi connectivity index (χ1v) is 7.18. The molecule has 2 unspecified atom stereocenters. The summed E-state index contributed by atoms with van der Waals surface area (Å²) in [6, 6.07) is 9.00. The van der Waals surface area contributed by atoms with E-state index in [-0.39, 0.29) is 0 Å². The Labute approximate surface area is 111 Å². The lowest BCUT2D eigenvalue weighted by atomic mass is 9.91. The summed E-state index contributed by atoms with van der Waals surface area (Å²) in [6.45, 7) is 4.56. The standard InChI is InChI=1S/C16H25NO/c1-4-6-12(2)16(17-3)13-7-5-8-15(11-13)18-14-9-10-14/h5,7-8,11-12,14,16-17H,4,6,9-10H2,1-3H3. The van der Waals surface area contributed by atoms with E-state index < -0.39 is 0 Å². The molecule has 2 rings (SSSR count). The molecule has 1 saturated carbocycles. The SMILES string of the molecule is CCCC(C)C(NC)c1cccc(OC2CC2)c1. The Bertz CT molecular complexity index is 373. The number of hydrogen-bond donors (Lipinski definition) is 1. The van der Waals surface area contributed by atoms with Gasteiger partial charge < -0.3 is 10.1 Å². The van der Waals surface area contributed by atoms with E-state index in [0.29, 0.717) is 18.1 Å². The van der Waals surface area contributed by atoms with Gasteiger partial charge >= 0.3 is 0 Å². The first-order valence-electron chi connectivity index (χ1n) is 7.18. The van der Waals surface area contributed by atoms with E-state index in [9.17, 15) is 0 Å². The molecule has 18 heavy (non-hydrogen) atoms. The van der Waals surface area contributed by atoms with Gasteiger partial charge in [-0.1, -0.05) is 32.4 Å². The van der Waals surface area contributed by atoms with E-state index in [1.807, 2.05) is 7.05 Å². The van der Waals surface area contributed by atoms with Crippen molar-refractivity contribution in [3.63, 3.8) is 0 Å². The van der Waals surface area contributed by atoms with Crippen LogP contribution in [0, 0.1) is 5.92 Å². The summed E-state index contributed by atoms with van der Waals surface area (Å²) < 4.78 is 5.87. The minimum atomic E-state index is 0.424. The predicted octanol–water partition coefficient (Wildman–Crippen LogP) is 3.92. The van der Waals surface area contributed by atoms with Crippen molar-refractivity contribution in [1.82, 2.24) is 5.32 Å². The summed E-state index contributed by atoms with van der Waals surface area (Å²) in [5.74, 6) is 1.68. The Kier molecular flexibility index (Phi) is 4.65. The van der Waals surface area contributed by atoms with Gasteiger partial charge in [-0.25, -0.2) is 0 Å². The topological polar surface area (TPSA) is 21.3 Å². The van der Waals surface area contributed by atoms with Crippen LogP contribution in [-0.4, -0.2) is 13.2 Å². The molecule has 0 aliphatic heterocycles. The van der Waals surface area contributed by atoms with Gasteiger partial charge in [-0.2, -0.15) is 0 Å².